The van der Waals surface area contributed by atoms with Crippen LogP contribution in [0.15, 0.2) is 35.6 Å². The number of hydrogen-bond acceptors (Lipinski definition) is 4. The van der Waals surface area contributed by atoms with Crippen molar-refractivity contribution >= 4 is 17.7 Å². The number of rotatable bonds is 4. The van der Waals surface area contributed by atoms with Crippen LogP contribution in [-0.4, -0.2) is 23.8 Å². The molecule has 1 heterocycles. The van der Waals surface area contributed by atoms with Gasteiger partial charge in [0.25, 0.3) is 5.91 Å². The summed E-state index contributed by atoms with van der Waals surface area (Å²) in [5, 5.41) is 4.77. The summed E-state index contributed by atoms with van der Waals surface area (Å²) in [5.41, 5.74) is 6.42. The summed E-state index contributed by atoms with van der Waals surface area (Å²) in [6.07, 6.45) is 7.21. The molecule has 0 spiro atoms. The van der Waals surface area contributed by atoms with E-state index in [0.717, 1.165) is 0 Å². The van der Waals surface area contributed by atoms with Crippen molar-refractivity contribution in [1.29, 1.82) is 0 Å². The molecule has 0 aromatic carbocycles. The van der Waals surface area contributed by atoms with Gasteiger partial charge in [-0.15, -0.1) is 0 Å². The summed E-state index contributed by atoms with van der Waals surface area (Å²) in [7, 11) is 0. The van der Waals surface area contributed by atoms with Crippen molar-refractivity contribution in [2.45, 2.75) is 32.7 Å². The van der Waals surface area contributed by atoms with E-state index >= 15 is 0 Å². The predicted octanol–water partition coefficient (Wildman–Crippen LogP) is 0.273. The minimum Gasteiger partial charge on any atom is -0.398 e. The van der Waals surface area contributed by atoms with Crippen LogP contribution in [0.1, 0.15) is 26.7 Å². The lowest BCUT2D eigenvalue weighted by Gasteiger charge is -2.22. The summed E-state index contributed by atoms with van der Waals surface area (Å²) in [6.45, 7) is 3.53. The summed E-state index contributed by atoms with van der Waals surface area (Å²) >= 11 is 0. The van der Waals surface area contributed by atoms with Gasteiger partial charge in [0, 0.05) is 12.1 Å². The van der Waals surface area contributed by atoms with Gasteiger partial charge in [0.05, 0.1) is 5.57 Å². The Morgan fingerprint density at radius 3 is 2.65 bits per heavy atom. The van der Waals surface area contributed by atoms with Crippen LogP contribution in [0.3, 0.4) is 0 Å². The highest BCUT2D eigenvalue weighted by atomic mass is 16.2. The Hall–Kier alpha value is -2.37. The Labute approximate surface area is 117 Å². The normalized spacial score (nSPS) is 21.0. The van der Waals surface area contributed by atoms with Crippen LogP contribution in [0.2, 0.25) is 0 Å². The van der Waals surface area contributed by atoms with Crippen LogP contribution in [0.25, 0.3) is 0 Å². The van der Waals surface area contributed by atoms with Gasteiger partial charge in [0.15, 0.2) is 0 Å². The van der Waals surface area contributed by atoms with Crippen molar-refractivity contribution in [1.82, 2.24) is 10.6 Å². The molecular formula is C14H19N3O3. The first-order chi connectivity index (χ1) is 9.49. The highest BCUT2D eigenvalue weighted by molar-refractivity contribution is 6.04. The van der Waals surface area contributed by atoms with Crippen molar-refractivity contribution in [3.05, 3.63) is 35.6 Å². The van der Waals surface area contributed by atoms with Crippen LogP contribution in [-0.2, 0) is 14.4 Å². The van der Waals surface area contributed by atoms with Gasteiger partial charge in [-0.1, -0.05) is 18.2 Å². The Morgan fingerprint density at radius 2 is 2.10 bits per heavy atom. The lowest BCUT2D eigenvalue weighted by atomic mass is 10.0. The SMILES string of the molecule is C\C=C/C=C(N)\C(=C/C)C(=O)NC1CCC(=O)NC1=O. The van der Waals surface area contributed by atoms with Crippen LogP contribution >= 0.6 is 0 Å². The lowest BCUT2D eigenvalue weighted by molar-refractivity contribution is -0.136. The molecule has 1 saturated heterocycles. The predicted molar refractivity (Wildman–Crippen MR) is 75.2 cm³/mol. The Bertz CT molecular complexity index is 504. The van der Waals surface area contributed by atoms with Gasteiger partial charge in [0.1, 0.15) is 6.04 Å². The number of piperidine rings is 1. The van der Waals surface area contributed by atoms with E-state index < -0.39 is 17.9 Å². The lowest BCUT2D eigenvalue weighted by Crippen LogP contribution is -2.52. The van der Waals surface area contributed by atoms with Gasteiger partial charge in [0.2, 0.25) is 11.8 Å². The second-order valence-electron chi connectivity index (χ2n) is 4.33. The zero-order valence-corrected chi connectivity index (χ0v) is 11.6. The molecule has 4 N–H and O–H groups in total. The molecule has 1 rings (SSSR count). The molecule has 0 saturated carbocycles. The first-order valence-electron chi connectivity index (χ1n) is 6.39. The molecule has 3 amide bonds. The maximum atomic E-state index is 12.1. The van der Waals surface area contributed by atoms with Gasteiger partial charge < -0.3 is 11.1 Å². The fraction of sp³-hybridized carbons (Fsp3) is 0.357. The third kappa shape index (κ3) is 4.08. The van der Waals surface area contributed by atoms with E-state index in [1.165, 1.54) is 0 Å². The van der Waals surface area contributed by atoms with Crippen molar-refractivity contribution in [3.8, 4) is 0 Å². The monoisotopic (exact) mass is 277 g/mol. The van der Waals surface area contributed by atoms with Gasteiger partial charge in [-0.3, -0.25) is 19.7 Å². The van der Waals surface area contributed by atoms with E-state index in [2.05, 4.69) is 10.6 Å². The number of nitrogens with two attached hydrogens (primary N) is 1. The molecule has 108 valence electrons. The number of carbonyl (C=O) groups excluding carboxylic acids is 3. The van der Waals surface area contributed by atoms with Crippen LogP contribution < -0.4 is 16.4 Å². The zero-order valence-electron chi connectivity index (χ0n) is 11.6. The van der Waals surface area contributed by atoms with E-state index in [4.69, 9.17) is 5.73 Å². The number of allylic oxidation sites excluding steroid dienone is 4. The summed E-state index contributed by atoms with van der Waals surface area (Å²) in [5.74, 6) is -1.24. The highest BCUT2D eigenvalue weighted by Crippen LogP contribution is 2.09. The average molecular weight is 277 g/mol. The molecule has 0 aromatic heterocycles. The second-order valence-corrected chi connectivity index (χ2v) is 4.33. The van der Waals surface area contributed by atoms with Gasteiger partial charge in [-0.25, -0.2) is 0 Å². The number of amides is 3. The number of nitrogens with one attached hydrogen (secondary N) is 2. The number of carbonyl (C=O) groups is 3. The largest absolute Gasteiger partial charge is 0.398 e. The molecule has 6 heteroatoms. The molecule has 1 atom stereocenters. The third-order valence-electron chi connectivity index (χ3n) is 2.86. The van der Waals surface area contributed by atoms with Crippen molar-refractivity contribution in [3.63, 3.8) is 0 Å². The first-order valence-corrected chi connectivity index (χ1v) is 6.39. The van der Waals surface area contributed by atoms with E-state index in [1.54, 1.807) is 31.2 Å². The molecule has 0 aromatic rings. The quantitative estimate of drug-likeness (QED) is 0.390. The highest BCUT2D eigenvalue weighted by Gasteiger charge is 2.28. The summed E-state index contributed by atoms with van der Waals surface area (Å²) in [4.78, 5) is 34.7. The fourth-order valence-electron chi connectivity index (χ4n) is 1.79. The molecule has 6 nitrogen and oxygen atoms in total. The van der Waals surface area contributed by atoms with E-state index in [-0.39, 0.29) is 12.3 Å². The van der Waals surface area contributed by atoms with Crippen molar-refractivity contribution < 1.29 is 14.4 Å². The van der Waals surface area contributed by atoms with Crippen molar-refractivity contribution in [2.24, 2.45) is 5.73 Å². The molecule has 1 unspecified atom stereocenters. The topological polar surface area (TPSA) is 101 Å². The molecule has 1 aliphatic heterocycles. The van der Waals surface area contributed by atoms with Gasteiger partial charge >= 0.3 is 0 Å². The van der Waals surface area contributed by atoms with Crippen LogP contribution in [0.5, 0.6) is 0 Å². The summed E-state index contributed by atoms with van der Waals surface area (Å²) in [6, 6.07) is -0.704. The third-order valence-corrected chi connectivity index (χ3v) is 2.86. The number of imide groups is 1. The maximum absolute atomic E-state index is 12.1. The average Bonchev–Trinajstić information content (AvgIpc) is 2.40. The molecule has 0 bridgehead atoms. The molecule has 0 aliphatic carbocycles. The van der Waals surface area contributed by atoms with E-state index in [1.807, 2.05) is 6.92 Å². The van der Waals surface area contributed by atoms with E-state index in [9.17, 15) is 14.4 Å². The molecule has 0 radical (unpaired) electrons. The maximum Gasteiger partial charge on any atom is 0.253 e. The Morgan fingerprint density at radius 1 is 1.40 bits per heavy atom. The number of hydrogen-bond donors (Lipinski definition) is 3. The van der Waals surface area contributed by atoms with Gasteiger partial charge in [-0.05, 0) is 26.3 Å². The van der Waals surface area contributed by atoms with Crippen LogP contribution in [0.4, 0.5) is 0 Å². The fourth-order valence-corrected chi connectivity index (χ4v) is 1.79. The Kier molecular flexibility index (Phi) is 5.71. The molecule has 1 fully saturated rings. The first kappa shape index (κ1) is 15.7. The minimum absolute atomic E-state index is 0.214. The summed E-state index contributed by atoms with van der Waals surface area (Å²) < 4.78 is 0. The van der Waals surface area contributed by atoms with Crippen LogP contribution in [0, 0.1) is 0 Å². The molecule has 20 heavy (non-hydrogen) atoms. The smallest absolute Gasteiger partial charge is 0.253 e. The Balaban J connectivity index is 2.74. The van der Waals surface area contributed by atoms with E-state index in [0.29, 0.717) is 17.7 Å². The molecule has 1 aliphatic rings. The standard InChI is InChI=1S/C14H19N3O3/c1-3-5-6-10(15)9(4-2)13(19)16-11-7-8-12(18)17-14(11)20/h3-6,11H,7-8,15H2,1-2H3,(H,16,19)(H,17,18,20)/b5-3-,9-4+,10-6+. The zero-order chi connectivity index (χ0) is 15.1. The second kappa shape index (κ2) is 7.28. The minimum atomic E-state index is -0.704. The van der Waals surface area contributed by atoms with Gasteiger partial charge in [-0.2, -0.15) is 0 Å². The molecular weight excluding hydrogens is 258 g/mol. The van der Waals surface area contributed by atoms with Crippen molar-refractivity contribution in [2.75, 3.05) is 0 Å².